The SMILES string of the molecule is O=C(NCCC1=CCCCC1)c1cncc(NCc2cccnc2)c1. The van der Waals surface area contributed by atoms with Crippen LogP contribution in [0.1, 0.15) is 48.0 Å². The van der Waals surface area contributed by atoms with Crippen LogP contribution in [0.15, 0.2) is 54.6 Å². The van der Waals surface area contributed by atoms with Gasteiger partial charge in [0.05, 0.1) is 11.3 Å². The zero-order chi connectivity index (χ0) is 17.3. The Morgan fingerprint density at radius 1 is 1.16 bits per heavy atom. The fourth-order valence-corrected chi connectivity index (χ4v) is 2.94. The minimum atomic E-state index is -0.0751. The van der Waals surface area contributed by atoms with Crippen molar-refractivity contribution in [1.29, 1.82) is 0 Å². The summed E-state index contributed by atoms with van der Waals surface area (Å²) in [5.74, 6) is -0.0751. The first kappa shape index (κ1) is 17.1. The molecular formula is C20H24N4O. The molecule has 0 fully saturated rings. The maximum atomic E-state index is 12.3. The molecule has 0 saturated heterocycles. The summed E-state index contributed by atoms with van der Waals surface area (Å²) < 4.78 is 0. The molecule has 0 aliphatic heterocycles. The Labute approximate surface area is 148 Å². The van der Waals surface area contributed by atoms with Gasteiger partial charge in [-0.15, -0.1) is 0 Å². The van der Waals surface area contributed by atoms with Crippen molar-refractivity contribution >= 4 is 11.6 Å². The molecule has 0 aromatic carbocycles. The van der Waals surface area contributed by atoms with Crippen LogP contribution in [0.5, 0.6) is 0 Å². The summed E-state index contributed by atoms with van der Waals surface area (Å²) in [6, 6.07) is 5.74. The highest BCUT2D eigenvalue weighted by Crippen LogP contribution is 2.19. The maximum absolute atomic E-state index is 12.3. The summed E-state index contributed by atoms with van der Waals surface area (Å²) in [6.45, 7) is 1.33. The van der Waals surface area contributed by atoms with E-state index in [0.717, 1.165) is 17.7 Å². The number of amides is 1. The number of aromatic nitrogens is 2. The van der Waals surface area contributed by atoms with E-state index < -0.39 is 0 Å². The number of hydrogen-bond acceptors (Lipinski definition) is 4. The van der Waals surface area contributed by atoms with Crippen LogP contribution in [-0.2, 0) is 6.54 Å². The Morgan fingerprint density at radius 3 is 2.92 bits per heavy atom. The molecule has 130 valence electrons. The third-order valence-electron chi connectivity index (χ3n) is 4.34. The fraction of sp³-hybridized carbons (Fsp3) is 0.350. The molecule has 0 atom stereocenters. The molecule has 2 N–H and O–H groups in total. The summed E-state index contributed by atoms with van der Waals surface area (Å²) in [5, 5.41) is 6.26. The van der Waals surface area contributed by atoms with Crippen molar-refractivity contribution in [3.63, 3.8) is 0 Å². The molecule has 1 aliphatic rings. The van der Waals surface area contributed by atoms with Crippen LogP contribution in [0.25, 0.3) is 0 Å². The van der Waals surface area contributed by atoms with Gasteiger partial charge in [0.15, 0.2) is 0 Å². The second-order valence-electron chi connectivity index (χ2n) is 6.29. The Bertz CT molecular complexity index is 727. The highest BCUT2D eigenvalue weighted by Gasteiger charge is 2.08. The molecule has 25 heavy (non-hydrogen) atoms. The molecule has 1 aliphatic carbocycles. The first-order chi connectivity index (χ1) is 12.3. The zero-order valence-electron chi connectivity index (χ0n) is 14.4. The van der Waals surface area contributed by atoms with Crippen LogP contribution < -0.4 is 10.6 Å². The molecule has 0 saturated carbocycles. The van der Waals surface area contributed by atoms with Crippen LogP contribution in [-0.4, -0.2) is 22.4 Å². The van der Waals surface area contributed by atoms with Gasteiger partial charge in [-0.3, -0.25) is 14.8 Å². The predicted molar refractivity (Wildman–Crippen MR) is 99.3 cm³/mol. The molecular weight excluding hydrogens is 312 g/mol. The summed E-state index contributed by atoms with van der Waals surface area (Å²) in [5.41, 5.74) is 3.95. The number of rotatable bonds is 7. The van der Waals surface area contributed by atoms with Crippen molar-refractivity contribution in [3.8, 4) is 0 Å². The van der Waals surface area contributed by atoms with Crippen molar-refractivity contribution in [1.82, 2.24) is 15.3 Å². The number of nitrogens with one attached hydrogen (secondary N) is 2. The van der Waals surface area contributed by atoms with Gasteiger partial charge in [0.1, 0.15) is 0 Å². The third kappa shape index (κ3) is 5.41. The molecule has 0 unspecified atom stereocenters. The molecule has 0 bridgehead atoms. The van der Waals surface area contributed by atoms with E-state index in [-0.39, 0.29) is 5.91 Å². The van der Waals surface area contributed by atoms with Crippen molar-refractivity contribution in [2.45, 2.75) is 38.6 Å². The van der Waals surface area contributed by atoms with Crippen LogP contribution in [0, 0.1) is 0 Å². The van der Waals surface area contributed by atoms with Crippen molar-refractivity contribution in [2.24, 2.45) is 0 Å². The maximum Gasteiger partial charge on any atom is 0.252 e. The number of nitrogens with zero attached hydrogens (tertiary/aromatic N) is 2. The molecule has 1 amide bonds. The summed E-state index contributed by atoms with van der Waals surface area (Å²) in [7, 11) is 0. The molecule has 2 heterocycles. The van der Waals surface area contributed by atoms with Crippen LogP contribution in [0.3, 0.4) is 0 Å². The molecule has 5 nitrogen and oxygen atoms in total. The van der Waals surface area contributed by atoms with E-state index in [9.17, 15) is 4.79 Å². The molecule has 0 radical (unpaired) electrons. The van der Waals surface area contributed by atoms with Crippen molar-refractivity contribution in [2.75, 3.05) is 11.9 Å². The Hall–Kier alpha value is -2.69. The second-order valence-corrected chi connectivity index (χ2v) is 6.29. The molecule has 2 aromatic heterocycles. The van der Waals surface area contributed by atoms with Crippen LogP contribution in [0.2, 0.25) is 0 Å². The lowest BCUT2D eigenvalue weighted by Gasteiger charge is -2.13. The third-order valence-corrected chi connectivity index (χ3v) is 4.34. The molecule has 5 heteroatoms. The number of carbonyl (C=O) groups is 1. The number of allylic oxidation sites excluding steroid dienone is 1. The smallest absolute Gasteiger partial charge is 0.252 e. The number of hydrogen-bond donors (Lipinski definition) is 2. The minimum absolute atomic E-state index is 0.0751. The van der Waals surface area contributed by atoms with Crippen molar-refractivity contribution in [3.05, 3.63) is 65.8 Å². The largest absolute Gasteiger partial charge is 0.380 e. The van der Waals surface area contributed by atoms with Crippen LogP contribution >= 0.6 is 0 Å². The second kappa shape index (κ2) is 8.97. The van der Waals surface area contributed by atoms with E-state index in [0.29, 0.717) is 18.7 Å². The lowest BCUT2D eigenvalue weighted by atomic mass is 9.97. The molecule has 2 aromatic rings. The Kier molecular flexibility index (Phi) is 6.15. The zero-order valence-corrected chi connectivity index (χ0v) is 14.4. The van der Waals surface area contributed by atoms with Gasteiger partial charge in [-0.05, 0) is 49.8 Å². The van der Waals surface area contributed by atoms with E-state index in [1.165, 1.54) is 31.3 Å². The van der Waals surface area contributed by atoms with Gasteiger partial charge in [0.2, 0.25) is 0 Å². The first-order valence-corrected chi connectivity index (χ1v) is 8.85. The predicted octanol–water partition coefficient (Wildman–Crippen LogP) is 3.71. The summed E-state index contributed by atoms with van der Waals surface area (Å²) in [6.07, 6.45) is 15.1. The van der Waals surface area contributed by atoms with Crippen LogP contribution in [0.4, 0.5) is 5.69 Å². The normalized spacial score (nSPS) is 13.8. The van der Waals surface area contributed by atoms with Gasteiger partial charge < -0.3 is 10.6 Å². The number of anilines is 1. The topological polar surface area (TPSA) is 66.9 Å². The van der Waals surface area contributed by atoms with E-state index in [1.807, 2.05) is 24.4 Å². The quantitative estimate of drug-likeness (QED) is 0.757. The van der Waals surface area contributed by atoms with E-state index in [1.54, 1.807) is 18.6 Å². The van der Waals surface area contributed by atoms with E-state index in [4.69, 9.17) is 0 Å². The molecule has 3 rings (SSSR count). The monoisotopic (exact) mass is 336 g/mol. The van der Waals surface area contributed by atoms with E-state index >= 15 is 0 Å². The average Bonchev–Trinajstić information content (AvgIpc) is 2.68. The Balaban J connectivity index is 1.49. The van der Waals surface area contributed by atoms with Crippen molar-refractivity contribution < 1.29 is 4.79 Å². The lowest BCUT2D eigenvalue weighted by Crippen LogP contribution is -2.25. The standard InChI is InChI=1S/C20H24N4O/c25-20(23-10-8-16-5-2-1-3-6-16)18-11-19(15-22-14-18)24-13-17-7-4-9-21-12-17/h4-5,7,9,11-12,14-15,24H,1-3,6,8,10,13H2,(H,23,25). The Morgan fingerprint density at radius 2 is 2.12 bits per heavy atom. The number of carbonyl (C=O) groups excluding carboxylic acids is 1. The highest BCUT2D eigenvalue weighted by molar-refractivity contribution is 5.94. The summed E-state index contributed by atoms with van der Waals surface area (Å²) in [4.78, 5) is 20.6. The van der Waals surface area contributed by atoms with Gasteiger partial charge in [-0.1, -0.05) is 17.7 Å². The fourth-order valence-electron chi connectivity index (χ4n) is 2.94. The first-order valence-electron chi connectivity index (χ1n) is 8.85. The van der Waals surface area contributed by atoms with Gasteiger partial charge >= 0.3 is 0 Å². The lowest BCUT2D eigenvalue weighted by molar-refractivity contribution is 0.0953. The van der Waals surface area contributed by atoms with Gasteiger partial charge in [-0.25, -0.2) is 0 Å². The molecule has 0 spiro atoms. The highest BCUT2D eigenvalue weighted by atomic mass is 16.1. The van der Waals surface area contributed by atoms with Gasteiger partial charge in [0, 0.05) is 37.9 Å². The number of pyridine rings is 2. The van der Waals surface area contributed by atoms with Gasteiger partial charge in [0.25, 0.3) is 5.91 Å². The average molecular weight is 336 g/mol. The van der Waals surface area contributed by atoms with Gasteiger partial charge in [-0.2, -0.15) is 0 Å². The van der Waals surface area contributed by atoms with E-state index in [2.05, 4.69) is 26.7 Å². The minimum Gasteiger partial charge on any atom is -0.380 e. The summed E-state index contributed by atoms with van der Waals surface area (Å²) >= 11 is 0.